The maximum Gasteiger partial charge on any atom is 0.0901 e. The molecule has 20 heavy (non-hydrogen) atoms. The molecular weight excluding hydrogens is 248 g/mol. The highest BCUT2D eigenvalue weighted by Crippen LogP contribution is 2.20. The first-order valence-electron chi connectivity index (χ1n) is 6.54. The van der Waals surface area contributed by atoms with E-state index in [9.17, 15) is 0 Å². The molecule has 4 heteroatoms. The zero-order valence-corrected chi connectivity index (χ0v) is 11.3. The number of benzene rings is 1. The predicted octanol–water partition coefficient (Wildman–Crippen LogP) is 2.62. The predicted molar refractivity (Wildman–Crippen MR) is 78.6 cm³/mol. The molecule has 2 N–H and O–H groups in total. The number of rotatable bonds is 3. The van der Waals surface area contributed by atoms with Crippen LogP contribution in [0.15, 0.2) is 60.8 Å². The molecule has 0 fully saturated rings. The maximum atomic E-state index is 6.34. The number of aryl methyl sites for hydroxylation is 1. The SMILES string of the molecule is Cc1cccc(C(N)c2ccnn2-c2ccccc2)n1. The van der Waals surface area contributed by atoms with Crippen molar-refractivity contribution in [2.75, 3.05) is 0 Å². The summed E-state index contributed by atoms with van der Waals surface area (Å²) in [5, 5.41) is 4.36. The molecule has 0 saturated heterocycles. The lowest BCUT2D eigenvalue weighted by molar-refractivity contribution is 0.720. The highest BCUT2D eigenvalue weighted by molar-refractivity contribution is 5.35. The highest BCUT2D eigenvalue weighted by Gasteiger charge is 2.16. The van der Waals surface area contributed by atoms with E-state index in [1.165, 1.54) is 0 Å². The van der Waals surface area contributed by atoms with Gasteiger partial charge in [0.15, 0.2) is 0 Å². The van der Waals surface area contributed by atoms with Crippen molar-refractivity contribution < 1.29 is 0 Å². The van der Waals surface area contributed by atoms with Crippen molar-refractivity contribution in [3.63, 3.8) is 0 Å². The lowest BCUT2D eigenvalue weighted by Crippen LogP contribution is -2.18. The van der Waals surface area contributed by atoms with E-state index in [0.29, 0.717) is 0 Å². The van der Waals surface area contributed by atoms with E-state index < -0.39 is 0 Å². The third kappa shape index (κ3) is 2.33. The van der Waals surface area contributed by atoms with Crippen LogP contribution in [0.4, 0.5) is 0 Å². The van der Waals surface area contributed by atoms with Crippen molar-refractivity contribution in [3.05, 3.63) is 77.9 Å². The molecule has 0 saturated carbocycles. The molecule has 0 spiro atoms. The molecule has 4 nitrogen and oxygen atoms in total. The summed E-state index contributed by atoms with van der Waals surface area (Å²) in [5.41, 5.74) is 10.1. The van der Waals surface area contributed by atoms with Gasteiger partial charge in [-0.25, -0.2) is 4.68 Å². The van der Waals surface area contributed by atoms with Gasteiger partial charge in [-0.3, -0.25) is 4.98 Å². The van der Waals surface area contributed by atoms with Gasteiger partial charge in [-0.15, -0.1) is 0 Å². The van der Waals surface area contributed by atoms with Crippen LogP contribution in [0.3, 0.4) is 0 Å². The largest absolute Gasteiger partial charge is 0.318 e. The smallest absolute Gasteiger partial charge is 0.0901 e. The summed E-state index contributed by atoms with van der Waals surface area (Å²) in [6.45, 7) is 1.96. The van der Waals surface area contributed by atoms with E-state index in [1.807, 2.05) is 66.2 Å². The van der Waals surface area contributed by atoms with E-state index in [1.54, 1.807) is 6.20 Å². The number of hydrogen-bond acceptors (Lipinski definition) is 3. The molecular formula is C16H16N4. The average molecular weight is 264 g/mol. The Labute approximate surface area is 117 Å². The fourth-order valence-corrected chi connectivity index (χ4v) is 2.22. The highest BCUT2D eigenvalue weighted by atomic mass is 15.3. The van der Waals surface area contributed by atoms with Crippen molar-refractivity contribution in [2.24, 2.45) is 5.73 Å². The van der Waals surface area contributed by atoms with Crippen LogP contribution in [0.5, 0.6) is 0 Å². The molecule has 0 aliphatic carbocycles. The van der Waals surface area contributed by atoms with Crippen molar-refractivity contribution in [3.8, 4) is 5.69 Å². The number of aromatic nitrogens is 3. The van der Waals surface area contributed by atoms with E-state index in [-0.39, 0.29) is 6.04 Å². The van der Waals surface area contributed by atoms with Crippen molar-refractivity contribution in [2.45, 2.75) is 13.0 Å². The fourth-order valence-electron chi connectivity index (χ4n) is 2.22. The summed E-state index contributed by atoms with van der Waals surface area (Å²) in [6.07, 6.45) is 1.76. The van der Waals surface area contributed by atoms with Crippen molar-refractivity contribution in [1.82, 2.24) is 14.8 Å². The van der Waals surface area contributed by atoms with Crippen LogP contribution >= 0.6 is 0 Å². The molecule has 100 valence electrons. The first-order chi connectivity index (χ1) is 9.75. The topological polar surface area (TPSA) is 56.7 Å². The summed E-state index contributed by atoms with van der Waals surface area (Å²) in [5.74, 6) is 0. The summed E-state index contributed by atoms with van der Waals surface area (Å²) in [6, 6.07) is 17.5. The molecule has 1 atom stereocenters. The lowest BCUT2D eigenvalue weighted by atomic mass is 10.1. The average Bonchev–Trinajstić information content (AvgIpc) is 2.97. The Bertz CT molecular complexity index is 703. The third-order valence-corrected chi connectivity index (χ3v) is 3.22. The summed E-state index contributed by atoms with van der Waals surface area (Å²) in [7, 11) is 0. The first-order valence-corrected chi connectivity index (χ1v) is 6.54. The molecule has 3 aromatic rings. The quantitative estimate of drug-likeness (QED) is 0.791. The standard InChI is InChI=1S/C16H16N4/c1-12-6-5-9-14(19-12)16(17)15-10-11-18-20(15)13-7-3-2-4-8-13/h2-11,16H,17H2,1H3. The van der Waals surface area contributed by atoms with E-state index in [2.05, 4.69) is 10.1 Å². The molecule has 0 aliphatic rings. The molecule has 1 aromatic carbocycles. The Hall–Kier alpha value is -2.46. The first kappa shape index (κ1) is 12.6. The van der Waals surface area contributed by atoms with Gasteiger partial charge < -0.3 is 5.73 Å². The van der Waals surface area contributed by atoms with Gasteiger partial charge in [-0.2, -0.15) is 5.10 Å². The summed E-state index contributed by atoms with van der Waals surface area (Å²) in [4.78, 5) is 4.50. The molecule has 0 aliphatic heterocycles. The normalized spacial score (nSPS) is 12.3. The van der Waals surface area contributed by atoms with Gasteiger partial charge in [0.1, 0.15) is 0 Å². The Balaban J connectivity index is 2.02. The number of nitrogens with zero attached hydrogens (tertiary/aromatic N) is 3. The number of para-hydroxylation sites is 1. The van der Waals surface area contributed by atoms with Gasteiger partial charge in [0.2, 0.25) is 0 Å². The van der Waals surface area contributed by atoms with Crippen molar-refractivity contribution >= 4 is 0 Å². The van der Waals surface area contributed by atoms with Gasteiger partial charge in [-0.05, 0) is 37.3 Å². The maximum absolute atomic E-state index is 6.34. The van der Waals surface area contributed by atoms with Crippen LogP contribution in [0.1, 0.15) is 23.1 Å². The Kier molecular flexibility index (Phi) is 3.31. The molecule has 1 unspecified atom stereocenters. The van der Waals surface area contributed by atoms with Crippen LogP contribution in [0, 0.1) is 6.92 Å². The molecule has 3 rings (SSSR count). The Morgan fingerprint density at radius 3 is 2.55 bits per heavy atom. The van der Waals surface area contributed by atoms with Gasteiger partial charge in [0.05, 0.1) is 23.1 Å². The molecule has 2 heterocycles. The van der Waals surface area contributed by atoms with Gasteiger partial charge in [-0.1, -0.05) is 24.3 Å². The fraction of sp³-hybridized carbons (Fsp3) is 0.125. The monoisotopic (exact) mass is 264 g/mol. The molecule has 0 bridgehead atoms. The summed E-state index contributed by atoms with van der Waals surface area (Å²) >= 11 is 0. The Morgan fingerprint density at radius 2 is 1.80 bits per heavy atom. The zero-order valence-electron chi connectivity index (χ0n) is 11.3. The second-order valence-corrected chi connectivity index (χ2v) is 4.68. The lowest BCUT2D eigenvalue weighted by Gasteiger charge is -2.14. The second-order valence-electron chi connectivity index (χ2n) is 4.68. The van der Waals surface area contributed by atoms with Crippen LogP contribution in [-0.2, 0) is 0 Å². The van der Waals surface area contributed by atoms with Crippen LogP contribution in [0.25, 0.3) is 5.69 Å². The van der Waals surface area contributed by atoms with Gasteiger partial charge in [0, 0.05) is 11.9 Å². The second kappa shape index (κ2) is 5.27. The van der Waals surface area contributed by atoms with Gasteiger partial charge in [0.25, 0.3) is 0 Å². The van der Waals surface area contributed by atoms with Crippen molar-refractivity contribution in [1.29, 1.82) is 0 Å². The Morgan fingerprint density at radius 1 is 1.00 bits per heavy atom. The van der Waals surface area contributed by atoms with Crippen LogP contribution in [-0.4, -0.2) is 14.8 Å². The molecule has 0 radical (unpaired) electrons. The van der Waals surface area contributed by atoms with E-state index >= 15 is 0 Å². The molecule has 0 amide bonds. The minimum absolute atomic E-state index is 0.294. The molecule has 2 aromatic heterocycles. The van der Waals surface area contributed by atoms with Gasteiger partial charge >= 0.3 is 0 Å². The summed E-state index contributed by atoms with van der Waals surface area (Å²) < 4.78 is 1.86. The zero-order chi connectivity index (χ0) is 13.9. The van der Waals surface area contributed by atoms with E-state index in [4.69, 9.17) is 5.73 Å². The van der Waals surface area contributed by atoms with E-state index in [0.717, 1.165) is 22.8 Å². The number of pyridine rings is 1. The number of hydrogen-bond donors (Lipinski definition) is 1. The third-order valence-electron chi connectivity index (χ3n) is 3.22. The number of nitrogens with two attached hydrogens (primary N) is 1. The minimum atomic E-state index is -0.294. The van der Waals surface area contributed by atoms with Crippen LogP contribution in [0.2, 0.25) is 0 Å². The minimum Gasteiger partial charge on any atom is -0.318 e. The van der Waals surface area contributed by atoms with Crippen LogP contribution < -0.4 is 5.73 Å².